The molecule has 10 heteroatoms. The van der Waals surface area contributed by atoms with Gasteiger partial charge in [0.25, 0.3) is 0 Å². The molecule has 0 amide bonds. The molecule has 323 valence electrons. The topological polar surface area (TPSA) is 24.1 Å². The second-order valence-electron chi connectivity index (χ2n) is 15.5. The quantitative estimate of drug-likeness (QED) is 0.0653. The maximum absolute atomic E-state index is 9.75. The molecule has 0 spiro atoms. The van der Waals surface area contributed by atoms with Crippen molar-refractivity contribution in [2.45, 2.75) is 77.0 Å². The van der Waals surface area contributed by atoms with E-state index in [2.05, 4.69) is 180 Å². The van der Waals surface area contributed by atoms with Gasteiger partial charge in [0.2, 0.25) is 0 Å². The van der Waals surface area contributed by atoms with Gasteiger partial charge in [0.05, 0.1) is 16.1 Å². The van der Waals surface area contributed by atoms with Gasteiger partial charge in [-0.25, -0.2) is 0 Å². The zero-order chi connectivity index (χ0) is 42.3. The van der Waals surface area contributed by atoms with E-state index in [1.807, 2.05) is 0 Å². The van der Waals surface area contributed by atoms with Crippen LogP contribution in [0.1, 0.15) is 73.6 Å². The summed E-state index contributed by atoms with van der Waals surface area (Å²) in [6.45, 7) is 0. The fourth-order valence-corrected chi connectivity index (χ4v) is 12.2. The minimum atomic E-state index is -6.00. The predicted molar refractivity (Wildman–Crippen MR) is 257 cm³/mol. The van der Waals surface area contributed by atoms with Gasteiger partial charge in [0, 0.05) is 63.2 Å². The molecule has 0 saturated heterocycles. The van der Waals surface area contributed by atoms with E-state index in [-0.39, 0.29) is 19.5 Å². The second-order valence-corrected chi connectivity index (χ2v) is 19.3. The molecule has 0 fully saturated rings. The number of hydrogen-bond acceptors (Lipinski definition) is 2. The Kier molecular flexibility index (Phi) is 18.2. The number of hydrogen-bond donors (Lipinski definition) is 2. The van der Waals surface area contributed by atoms with Crippen LogP contribution in [0.3, 0.4) is 0 Å². The van der Waals surface area contributed by atoms with Crippen LogP contribution in [0.5, 0.6) is 0 Å². The Morgan fingerprint density at radius 1 is 0.371 bits per heavy atom. The Morgan fingerprint density at radius 2 is 0.645 bits per heavy atom. The van der Waals surface area contributed by atoms with Crippen molar-refractivity contribution in [2.24, 2.45) is 0 Å². The molecule has 2 nitrogen and oxygen atoms in total. The summed E-state index contributed by atoms with van der Waals surface area (Å²) in [6, 6.07) is 53.8. The van der Waals surface area contributed by atoms with Gasteiger partial charge in [0.1, 0.15) is 0 Å². The summed E-state index contributed by atoms with van der Waals surface area (Å²) >= 11 is 0. The van der Waals surface area contributed by atoms with Crippen molar-refractivity contribution in [1.29, 1.82) is 0 Å². The average Bonchev–Trinajstić information content (AvgIpc) is 3.28. The largest absolute Gasteiger partial charge is 0.673 e. The van der Waals surface area contributed by atoms with Crippen molar-refractivity contribution in [3.05, 3.63) is 192 Å². The summed E-state index contributed by atoms with van der Waals surface area (Å²) in [5, 5.41) is 13.8. The fourth-order valence-electron chi connectivity index (χ4n) is 8.38. The van der Waals surface area contributed by atoms with E-state index in [1.54, 1.807) is 11.1 Å². The van der Waals surface area contributed by atoms with E-state index in [4.69, 9.17) is 0 Å². The molecule has 0 heterocycles. The van der Waals surface area contributed by atoms with E-state index < -0.39 is 23.4 Å². The van der Waals surface area contributed by atoms with Gasteiger partial charge < -0.3 is 27.4 Å². The number of anilines is 2. The molecule has 0 bridgehead atoms. The average molecular weight is 959 g/mol. The van der Waals surface area contributed by atoms with Gasteiger partial charge in [-0.15, -0.1) is 0 Å². The zero-order valence-corrected chi connectivity index (χ0v) is 38.4. The van der Waals surface area contributed by atoms with Gasteiger partial charge >= 0.3 is 7.25 Å². The van der Waals surface area contributed by atoms with Crippen LogP contribution >= 0.6 is 16.1 Å². The summed E-state index contributed by atoms with van der Waals surface area (Å²) in [7, 11) is -7.65. The number of benzene rings is 6. The van der Waals surface area contributed by atoms with E-state index in [0.29, 0.717) is 0 Å². The van der Waals surface area contributed by atoms with Gasteiger partial charge in [0.15, 0.2) is 0 Å². The van der Waals surface area contributed by atoms with Crippen LogP contribution in [-0.2, 0) is 45.2 Å². The number of fused-ring (bicyclic) bond motifs is 2. The van der Waals surface area contributed by atoms with Crippen LogP contribution in [0.25, 0.3) is 11.1 Å². The normalized spacial score (nSPS) is 15.4. The minimum Gasteiger partial charge on any atom is -0.418 e. The smallest absolute Gasteiger partial charge is 0.418 e. The molecular weight excluding hydrogens is 904 g/mol. The summed E-state index contributed by atoms with van der Waals surface area (Å²) in [5.41, 5.74) is 11.5. The third kappa shape index (κ3) is 13.3. The summed E-state index contributed by atoms with van der Waals surface area (Å²) in [6.07, 6.45) is 23.6. The molecule has 3 aliphatic carbocycles. The maximum atomic E-state index is 9.75. The minimum absolute atomic E-state index is 0. The van der Waals surface area contributed by atoms with Crippen molar-refractivity contribution in [3.63, 3.8) is 0 Å². The second kappa shape index (κ2) is 23.9. The van der Waals surface area contributed by atoms with Crippen molar-refractivity contribution in [2.75, 3.05) is 10.2 Å². The molecule has 0 saturated carbocycles. The Balaban J connectivity index is 0.000000397. The number of rotatable bonds is 9. The van der Waals surface area contributed by atoms with Crippen molar-refractivity contribution in [1.82, 2.24) is 0 Å². The summed E-state index contributed by atoms with van der Waals surface area (Å²) < 4.78 is 39.0. The third-order valence-corrected chi connectivity index (χ3v) is 15.4. The molecule has 0 unspecified atom stereocenters. The van der Waals surface area contributed by atoms with Gasteiger partial charge in [-0.3, -0.25) is 0 Å². The molecule has 0 aliphatic heterocycles. The van der Waals surface area contributed by atoms with Crippen molar-refractivity contribution in [3.8, 4) is 11.1 Å². The predicted octanol–water partition coefficient (Wildman–Crippen LogP) is 14.0. The molecule has 2 N–H and O–H groups in total. The third-order valence-electron chi connectivity index (χ3n) is 11.2. The molecular formula is C52H54BF4N2P2Rh-. The molecule has 1 radical (unpaired) electrons. The van der Waals surface area contributed by atoms with Gasteiger partial charge in [-0.05, 0) is 111 Å². The van der Waals surface area contributed by atoms with Crippen LogP contribution in [0.2, 0.25) is 0 Å². The number of aryl methyl sites for hydroxylation is 2. The Bertz CT molecular complexity index is 2090. The van der Waals surface area contributed by atoms with E-state index in [9.17, 15) is 17.3 Å². The Hall–Kier alpha value is -4.33. The van der Waals surface area contributed by atoms with Crippen molar-refractivity contribution < 1.29 is 36.7 Å². The molecule has 0 atom stereocenters. The summed E-state index contributed by atoms with van der Waals surface area (Å²) in [4.78, 5) is 0. The van der Waals surface area contributed by atoms with E-state index in [0.717, 1.165) is 25.7 Å². The first-order valence-electron chi connectivity index (χ1n) is 21.6. The Labute approximate surface area is 381 Å². The Morgan fingerprint density at radius 3 is 0.935 bits per heavy atom. The standard InChI is InChI=1S/C44H42N2P2.C8H12.BF4.Rh/c1-5-19-35(20-6-1)47(36-21-7-2-8-22-36)45-41-31-29-33-17-13-15-27-39(33)43(41)44-40-28-16-14-18-34(40)30-32-42(44)46-48(37-23-9-3-10-24-37)38-25-11-4-12-26-38;1-2-4-6-8-7-5-3-1;2-1(3,4)5;/h1-12,19-26,29-32,45-46H,13-18,27-28H2;1-2,7-8H,3-6H2;;/q;;-1;/b;2-1-,8-7-;;. The SMILES string of the molecule is C1=C\CC/C=C\CC/1.F[B-](F)(F)F.[Rh].c1ccc(P(Nc2ccc3c(c2-c2c(NP(c4ccccc4)c4ccccc4)ccc4c2CCCC4)CCCC3)c2ccccc2)cc1. The zero-order valence-electron chi connectivity index (χ0n) is 35.0. The molecule has 62 heavy (non-hydrogen) atoms. The maximum Gasteiger partial charge on any atom is 0.673 e. The van der Waals surface area contributed by atoms with Gasteiger partial charge in [-0.1, -0.05) is 158 Å². The van der Waals surface area contributed by atoms with Crippen LogP contribution in [0.4, 0.5) is 28.6 Å². The van der Waals surface area contributed by atoms with Crippen molar-refractivity contribution >= 4 is 56.0 Å². The summed E-state index contributed by atoms with van der Waals surface area (Å²) in [5.74, 6) is 0. The molecule has 3 aliphatic rings. The van der Waals surface area contributed by atoms with Crippen LogP contribution in [0.15, 0.2) is 170 Å². The number of allylic oxidation sites excluding steroid dienone is 4. The first-order chi connectivity index (χ1) is 29.8. The first kappa shape index (κ1) is 47.2. The number of nitrogens with one attached hydrogen (secondary N) is 2. The van der Waals surface area contributed by atoms with Crippen LogP contribution in [0, 0.1) is 0 Å². The molecule has 6 aromatic rings. The van der Waals surface area contributed by atoms with Gasteiger partial charge in [-0.2, -0.15) is 0 Å². The molecule has 6 aromatic carbocycles. The monoisotopic (exact) mass is 958 g/mol. The van der Waals surface area contributed by atoms with E-state index in [1.165, 1.54) is 106 Å². The van der Waals surface area contributed by atoms with Crippen LogP contribution in [-0.4, -0.2) is 7.25 Å². The molecule has 9 rings (SSSR count). The van der Waals surface area contributed by atoms with E-state index >= 15 is 0 Å². The van der Waals surface area contributed by atoms with Crippen LogP contribution < -0.4 is 31.4 Å². The number of halogens is 4. The molecule has 0 aromatic heterocycles. The fraction of sp³-hybridized carbons (Fsp3) is 0.231. The first-order valence-corrected chi connectivity index (χ1v) is 24.3.